The van der Waals surface area contributed by atoms with E-state index in [2.05, 4.69) is 15.3 Å². The molecule has 0 spiro atoms. The lowest BCUT2D eigenvalue weighted by Crippen LogP contribution is -2.02. The lowest BCUT2D eigenvalue weighted by Gasteiger charge is -2.10. The van der Waals surface area contributed by atoms with Crippen molar-refractivity contribution in [2.24, 2.45) is 0 Å². The Morgan fingerprint density at radius 3 is 2.61 bits per heavy atom. The Bertz CT molecular complexity index is 607. The highest BCUT2D eigenvalue weighted by Gasteiger charge is 2.22. The molecule has 0 fully saturated rings. The lowest BCUT2D eigenvalue weighted by molar-refractivity contribution is 1.09. The van der Waals surface area contributed by atoms with Crippen molar-refractivity contribution in [3.05, 3.63) is 33.8 Å². The van der Waals surface area contributed by atoms with Gasteiger partial charge in [0.05, 0.1) is 15.7 Å². The van der Waals surface area contributed by atoms with E-state index in [4.69, 9.17) is 28.9 Å². The maximum atomic E-state index is 6.21. The molecule has 1 aliphatic rings. The number of nitrogens with one attached hydrogen (secondary N) is 1. The van der Waals surface area contributed by atoms with Crippen LogP contribution in [0, 0.1) is 0 Å². The number of anilines is 2. The number of fused-ring (bicyclic) bond motifs is 1. The number of rotatable bonds is 1. The SMILES string of the molecule is Nc1nc2c(c(-c3c(Cl)cccc3Cl)n1)CCN2. The third-order valence-corrected chi connectivity index (χ3v) is 3.52. The predicted molar refractivity (Wildman–Crippen MR) is 74.1 cm³/mol. The van der Waals surface area contributed by atoms with Crippen LogP contribution >= 0.6 is 23.2 Å². The summed E-state index contributed by atoms with van der Waals surface area (Å²) < 4.78 is 0. The second-order valence-corrected chi connectivity index (χ2v) is 4.85. The Balaban J connectivity index is 2.30. The van der Waals surface area contributed by atoms with E-state index in [1.165, 1.54) is 0 Å². The van der Waals surface area contributed by atoms with Crippen molar-refractivity contribution in [2.45, 2.75) is 6.42 Å². The van der Waals surface area contributed by atoms with Gasteiger partial charge < -0.3 is 11.1 Å². The maximum Gasteiger partial charge on any atom is 0.222 e. The molecule has 1 aliphatic heterocycles. The number of halogens is 2. The van der Waals surface area contributed by atoms with Gasteiger partial charge in [0.2, 0.25) is 5.95 Å². The number of nitrogens with two attached hydrogens (primary N) is 1. The van der Waals surface area contributed by atoms with E-state index >= 15 is 0 Å². The van der Waals surface area contributed by atoms with Gasteiger partial charge in [-0.05, 0) is 18.6 Å². The Morgan fingerprint density at radius 1 is 1.17 bits per heavy atom. The van der Waals surface area contributed by atoms with Crippen molar-refractivity contribution in [3.63, 3.8) is 0 Å². The molecule has 18 heavy (non-hydrogen) atoms. The second-order valence-electron chi connectivity index (χ2n) is 4.03. The lowest BCUT2D eigenvalue weighted by atomic mass is 10.1. The molecule has 6 heteroatoms. The molecule has 0 unspecified atom stereocenters. The predicted octanol–water partition coefficient (Wildman–Crippen LogP) is 3.00. The van der Waals surface area contributed by atoms with Gasteiger partial charge in [0, 0.05) is 17.7 Å². The Kier molecular flexibility index (Phi) is 2.76. The third-order valence-electron chi connectivity index (χ3n) is 2.89. The first-order valence-electron chi connectivity index (χ1n) is 5.51. The molecule has 0 radical (unpaired) electrons. The van der Waals surface area contributed by atoms with Gasteiger partial charge in [-0.1, -0.05) is 29.3 Å². The quantitative estimate of drug-likeness (QED) is 0.843. The van der Waals surface area contributed by atoms with Gasteiger partial charge in [0.25, 0.3) is 0 Å². The van der Waals surface area contributed by atoms with Crippen LogP contribution in [0.2, 0.25) is 10.0 Å². The smallest absolute Gasteiger partial charge is 0.222 e. The van der Waals surface area contributed by atoms with E-state index in [1.54, 1.807) is 18.2 Å². The molecule has 2 heterocycles. The fourth-order valence-electron chi connectivity index (χ4n) is 2.12. The van der Waals surface area contributed by atoms with Gasteiger partial charge in [-0.25, -0.2) is 4.98 Å². The molecule has 4 nitrogen and oxygen atoms in total. The van der Waals surface area contributed by atoms with Gasteiger partial charge in [-0.15, -0.1) is 0 Å². The largest absolute Gasteiger partial charge is 0.369 e. The van der Waals surface area contributed by atoms with E-state index in [1.807, 2.05) is 0 Å². The van der Waals surface area contributed by atoms with Crippen LogP contribution in [-0.2, 0) is 6.42 Å². The van der Waals surface area contributed by atoms with Crippen molar-refractivity contribution in [3.8, 4) is 11.3 Å². The third kappa shape index (κ3) is 1.78. The molecule has 0 saturated carbocycles. The standard InChI is InChI=1S/C12H10Cl2N4/c13-7-2-1-3-8(14)9(7)10-6-4-5-16-11(6)18-12(15)17-10/h1-3H,4-5H2,(H3,15,16,17,18). The summed E-state index contributed by atoms with van der Waals surface area (Å²) in [5, 5.41) is 4.30. The zero-order valence-electron chi connectivity index (χ0n) is 9.37. The van der Waals surface area contributed by atoms with Crippen molar-refractivity contribution < 1.29 is 0 Å². The molecule has 1 aromatic heterocycles. The highest BCUT2D eigenvalue weighted by Crippen LogP contribution is 2.38. The van der Waals surface area contributed by atoms with Crippen LogP contribution in [0.3, 0.4) is 0 Å². The van der Waals surface area contributed by atoms with Crippen LogP contribution < -0.4 is 11.1 Å². The zero-order valence-corrected chi connectivity index (χ0v) is 10.9. The number of hydrogen-bond acceptors (Lipinski definition) is 4. The van der Waals surface area contributed by atoms with E-state index < -0.39 is 0 Å². The van der Waals surface area contributed by atoms with E-state index in [0.29, 0.717) is 10.0 Å². The normalized spacial score (nSPS) is 13.2. The van der Waals surface area contributed by atoms with Crippen LogP contribution in [0.15, 0.2) is 18.2 Å². The second kappa shape index (κ2) is 4.30. The summed E-state index contributed by atoms with van der Waals surface area (Å²) >= 11 is 12.4. The number of hydrogen-bond donors (Lipinski definition) is 2. The van der Waals surface area contributed by atoms with Crippen LogP contribution in [-0.4, -0.2) is 16.5 Å². The Labute approximate surface area is 114 Å². The summed E-state index contributed by atoms with van der Waals surface area (Å²) in [5.41, 5.74) is 8.17. The minimum atomic E-state index is 0.217. The molecular weight excluding hydrogens is 271 g/mol. The highest BCUT2D eigenvalue weighted by molar-refractivity contribution is 6.39. The van der Waals surface area contributed by atoms with Crippen molar-refractivity contribution in [1.29, 1.82) is 0 Å². The molecule has 1 aromatic carbocycles. The van der Waals surface area contributed by atoms with Crippen molar-refractivity contribution >= 4 is 35.0 Å². The van der Waals surface area contributed by atoms with Gasteiger partial charge in [-0.3, -0.25) is 0 Å². The fraction of sp³-hybridized carbons (Fsp3) is 0.167. The molecule has 0 amide bonds. The van der Waals surface area contributed by atoms with E-state index in [-0.39, 0.29) is 5.95 Å². The van der Waals surface area contributed by atoms with Crippen molar-refractivity contribution in [2.75, 3.05) is 17.6 Å². The number of aromatic nitrogens is 2. The van der Waals surface area contributed by atoms with E-state index in [0.717, 1.165) is 35.6 Å². The molecule has 3 rings (SSSR count). The summed E-state index contributed by atoms with van der Waals surface area (Å²) in [6.07, 6.45) is 0.840. The molecule has 0 saturated heterocycles. The van der Waals surface area contributed by atoms with Crippen LogP contribution in [0.25, 0.3) is 11.3 Å². The van der Waals surface area contributed by atoms with Gasteiger partial charge >= 0.3 is 0 Å². The first kappa shape index (κ1) is 11.6. The van der Waals surface area contributed by atoms with Gasteiger partial charge in [-0.2, -0.15) is 4.98 Å². The topological polar surface area (TPSA) is 63.8 Å². The average Bonchev–Trinajstić information content (AvgIpc) is 2.76. The Morgan fingerprint density at radius 2 is 1.89 bits per heavy atom. The minimum Gasteiger partial charge on any atom is -0.369 e. The first-order valence-corrected chi connectivity index (χ1v) is 6.27. The maximum absolute atomic E-state index is 6.21. The monoisotopic (exact) mass is 280 g/mol. The fourth-order valence-corrected chi connectivity index (χ4v) is 2.70. The van der Waals surface area contributed by atoms with E-state index in [9.17, 15) is 0 Å². The average molecular weight is 281 g/mol. The molecular formula is C12H10Cl2N4. The highest BCUT2D eigenvalue weighted by atomic mass is 35.5. The number of benzene rings is 1. The summed E-state index contributed by atoms with van der Waals surface area (Å²) in [6.45, 7) is 0.822. The molecule has 3 N–H and O–H groups in total. The molecule has 92 valence electrons. The zero-order chi connectivity index (χ0) is 12.7. The molecule has 0 atom stereocenters. The summed E-state index contributed by atoms with van der Waals surface area (Å²) in [7, 11) is 0. The molecule has 0 aliphatic carbocycles. The summed E-state index contributed by atoms with van der Waals surface area (Å²) in [4.78, 5) is 8.46. The minimum absolute atomic E-state index is 0.217. The van der Waals surface area contributed by atoms with Crippen LogP contribution in [0.1, 0.15) is 5.56 Å². The number of nitrogen functional groups attached to an aromatic ring is 1. The number of nitrogens with zero attached hydrogens (tertiary/aromatic N) is 2. The van der Waals surface area contributed by atoms with Gasteiger partial charge in [0.1, 0.15) is 5.82 Å². The van der Waals surface area contributed by atoms with Crippen LogP contribution in [0.5, 0.6) is 0 Å². The van der Waals surface area contributed by atoms with Crippen LogP contribution in [0.4, 0.5) is 11.8 Å². The molecule has 2 aromatic rings. The van der Waals surface area contributed by atoms with Crippen molar-refractivity contribution in [1.82, 2.24) is 9.97 Å². The Hall–Kier alpha value is -1.52. The first-order chi connectivity index (χ1) is 8.66. The molecule has 0 bridgehead atoms. The van der Waals surface area contributed by atoms with Gasteiger partial charge in [0.15, 0.2) is 0 Å². The summed E-state index contributed by atoms with van der Waals surface area (Å²) in [6, 6.07) is 5.38. The summed E-state index contributed by atoms with van der Waals surface area (Å²) in [5.74, 6) is 0.989.